The van der Waals surface area contributed by atoms with E-state index in [2.05, 4.69) is 4.98 Å². The Hall–Kier alpha value is -3.41. The molecule has 0 spiro atoms. The quantitative estimate of drug-likeness (QED) is 0.459. The third kappa shape index (κ3) is 1.68. The number of ketones is 2. The van der Waals surface area contributed by atoms with Gasteiger partial charge in [-0.3, -0.25) is 14.4 Å². The van der Waals surface area contributed by atoms with Crippen molar-refractivity contribution >= 4 is 22.3 Å². The van der Waals surface area contributed by atoms with Crippen LogP contribution in [0.25, 0.3) is 10.8 Å². The predicted molar refractivity (Wildman–Crippen MR) is 85.9 cm³/mol. The molecule has 3 N–H and O–H groups in total. The minimum Gasteiger partial charge on any atom is -0.507 e. The zero-order valence-corrected chi connectivity index (χ0v) is 12.5. The van der Waals surface area contributed by atoms with Gasteiger partial charge in [0.25, 0.3) is 5.56 Å². The molecule has 2 aromatic carbocycles. The van der Waals surface area contributed by atoms with Gasteiger partial charge < -0.3 is 15.2 Å². The number of fused-ring (bicyclic) bond motifs is 4. The highest BCUT2D eigenvalue weighted by Crippen LogP contribution is 2.37. The van der Waals surface area contributed by atoms with Crippen LogP contribution < -0.4 is 5.56 Å². The number of carbonyl (C=O) groups excluding carboxylic acids is 2. The number of aromatic hydroxyl groups is 2. The summed E-state index contributed by atoms with van der Waals surface area (Å²) >= 11 is 0. The molecule has 0 unspecified atom stereocenters. The molecule has 0 aliphatic heterocycles. The van der Waals surface area contributed by atoms with Crippen LogP contribution in [-0.4, -0.2) is 26.8 Å². The number of phenols is 2. The SMILES string of the molecule is Cc1cc(O)c2c3c([nH]c(=O)c2c1)C(=O)c1c(O)cccc1C3=O. The third-order valence-corrected chi connectivity index (χ3v) is 4.21. The predicted octanol–water partition coefficient (Wildman–Crippen LogP) is 2.02. The monoisotopic (exact) mass is 321 g/mol. The first-order valence-corrected chi connectivity index (χ1v) is 7.21. The summed E-state index contributed by atoms with van der Waals surface area (Å²) in [5, 5.41) is 20.4. The molecule has 1 aromatic heterocycles. The van der Waals surface area contributed by atoms with E-state index < -0.39 is 17.1 Å². The minimum atomic E-state index is -0.656. The minimum absolute atomic E-state index is 0.0424. The number of rotatable bonds is 0. The fraction of sp³-hybridized carbons (Fsp3) is 0.0556. The highest BCUT2D eigenvalue weighted by molar-refractivity contribution is 6.32. The average Bonchev–Trinajstić information content (AvgIpc) is 2.52. The molecule has 0 radical (unpaired) electrons. The maximum absolute atomic E-state index is 12.9. The Morgan fingerprint density at radius 3 is 2.42 bits per heavy atom. The maximum atomic E-state index is 12.9. The number of hydrogen-bond acceptors (Lipinski definition) is 5. The fourth-order valence-electron chi connectivity index (χ4n) is 3.20. The van der Waals surface area contributed by atoms with Gasteiger partial charge in [0.05, 0.1) is 16.5 Å². The van der Waals surface area contributed by atoms with Gasteiger partial charge in [0.15, 0.2) is 5.78 Å². The van der Waals surface area contributed by atoms with Gasteiger partial charge in [-0.15, -0.1) is 0 Å². The van der Waals surface area contributed by atoms with Gasteiger partial charge in [0, 0.05) is 10.9 Å². The summed E-state index contributed by atoms with van der Waals surface area (Å²) in [4.78, 5) is 40.3. The van der Waals surface area contributed by atoms with Crippen molar-refractivity contribution in [1.82, 2.24) is 4.98 Å². The molecule has 3 aromatic rings. The van der Waals surface area contributed by atoms with Crippen molar-refractivity contribution in [3.8, 4) is 11.5 Å². The largest absolute Gasteiger partial charge is 0.507 e. The van der Waals surface area contributed by atoms with Gasteiger partial charge in [0.1, 0.15) is 17.2 Å². The van der Waals surface area contributed by atoms with E-state index in [-0.39, 0.29) is 44.7 Å². The number of aromatic nitrogens is 1. The molecule has 24 heavy (non-hydrogen) atoms. The van der Waals surface area contributed by atoms with Gasteiger partial charge in [-0.1, -0.05) is 12.1 Å². The van der Waals surface area contributed by atoms with E-state index in [4.69, 9.17) is 0 Å². The number of nitrogens with one attached hydrogen (secondary N) is 1. The van der Waals surface area contributed by atoms with Crippen molar-refractivity contribution in [3.05, 3.63) is 68.6 Å². The topological polar surface area (TPSA) is 107 Å². The second-order valence-electron chi connectivity index (χ2n) is 5.77. The van der Waals surface area contributed by atoms with Crippen LogP contribution >= 0.6 is 0 Å². The van der Waals surface area contributed by atoms with E-state index in [0.717, 1.165) is 0 Å². The van der Waals surface area contributed by atoms with Crippen molar-refractivity contribution in [3.63, 3.8) is 0 Å². The van der Waals surface area contributed by atoms with Crippen molar-refractivity contribution in [2.75, 3.05) is 0 Å². The van der Waals surface area contributed by atoms with Crippen molar-refractivity contribution < 1.29 is 19.8 Å². The average molecular weight is 321 g/mol. The molecule has 0 atom stereocenters. The zero-order chi connectivity index (χ0) is 17.2. The Morgan fingerprint density at radius 2 is 1.67 bits per heavy atom. The van der Waals surface area contributed by atoms with E-state index >= 15 is 0 Å². The first-order valence-electron chi connectivity index (χ1n) is 7.21. The standard InChI is InChI=1S/C18H11NO5/c1-7-5-9-12(11(21)6-7)14-15(19-18(9)24)17(23)13-8(16(14)22)3-2-4-10(13)20/h2-6,20-21H,1H3,(H,19,24). The zero-order valence-electron chi connectivity index (χ0n) is 12.5. The summed E-state index contributed by atoms with van der Waals surface area (Å²) < 4.78 is 0. The summed E-state index contributed by atoms with van der Waals surface area (Å²) in [6, 6.07) is 7.17. The van der Waals surface area contributed by atoms with Gasteiger partial charge in [0.2, 0.25) is 5.78 Å². The Balaban J connectivity index is 2.21. The first kappa shape index (κ1) is 14.2. The number of pyridine rings is 1. The lowest BCUT2D eigenvalue weighted by atomic mass is 9.84. The van der Waals surface area contributed by atoms with E-state index in [1.807, 2.05) is 0 Å². The van der Waals surface area contributed by atoms with Crippen LogP contribution in [0.4, 0.5) is 0 Å². The molecule has 0 amide bonds. The van der Waals surface area contributed by atoms with Crippen molar-refractivity contribution in [2.24, 2.45) is 0 Å². The van der Waals surface area contributed by atoms with Gasteiger partial charge in [-0.05, 0) is 30.7 Å². The van der Waals surface area contributed by atoms with Gasteiger partial charge in [-0.2, -0.15) is 0 Å². The van der Waals surface area contributed by atoms with Crippen LogP contribution in [0.3, 0.4) is 0 Å². The number of aryl methyl sites for hydroxylation is 1. The van der Waals surface area contributed by atoms with Gasteiger partial charge in [-0.25, -0.2) is 0 Å². The van der Waals surface area contributed by atoms with Gasteiger partial charge >= 0.3 is 0 Å². The van der Waals surface area contributed by atoms with Crippen molar-refractivity contribution in [2.45, 2.75) is 6.92 Å². The Kier molecular flexibility index (Phi) is 2.69. The molecule has 6 nitrogen and oxygen atoms in total. The van der Waals surface area contributed by atoms with E-state index in [1.165, 1.54) is 24.3 Å². The fourth-order valence-corrected chi connectivity index (χ4v) is 3.20. The molecule has 0 bridgehead atoms. The van der Waals surface area contributed by atoms with Crippen LogP contribution in [-0.2, 0) is 0 Å². The lowest BCUT2D eigenvalue weighted by molar-refractivity contribution is 0.0974. The highest BCUT2D eigenvalue weighted by Gasteiger charge is 2.35. The summed E-state index contributed by atoms with van der Waals surface area (Å²) in [6.07, 6.45) is 0. The second-order valence-corrected chi connectivity index (χ2v) is 5.77. The molecule has 1 heterocycles. The number of H-pyrrole nitrogens is 1. The number of phenolic OH excluding ortho intramolecular Hbond substituents is 2. The van der Waals surface area contributed by atoms with E-state index in [9.17, 15) is 24.6 Å². The van der Waals surface area contributed by atoms with E-state index in [1.54, 1.807) is 13.0 Å². The molecule has 1 aliphatic carbocycles. The lowest BCUT2D eigenvalue weighted by Crippen LogP contribution is -2.26. The molecule has 0 fully saturated rings. The Labute approximate surface area is 135 Å². The highest BCUT2D eigenvalue weighted by atomic mass is 16.3. The number of aromatic amines is 1. The third-order valence-electron chi connectivity index (χ3n) is 4.21. The van der Waals surface area contributed by atoms with Crippen LogP contribution in [0, 0.1) is 6.92 Å². The van der Waals surface area contributed by atoms with Crippen LogP contribution in [0.15, 0.2) is 35.1 Å². The van der Waals surface area contributed by atoms with Crippen LogP contribution in [0.1, 0.15) is 37.5 Å². The molecule has 118 valence electrons. The Morgan fingerprint density at radius 1 is 0.917 bits per heavy atom. The number of carbonyl (C=O) groups is 2. The molecule has 4 rings (SSSR count). The molecule has 6 heteroatoms. The smallest absolute Gasteiger partial charge is 0.256 e. The van der Waals surface area contributed by atoms with Crippen LogP contribution in [0.5, 0.6) is 11.5 Å². The van der Waals surface area contributed by atoms with E-state index in [0.29, 0.717) is 5.56 Å². The maximum Gasteiger partial charge on any atom is 0.256 e. The number of hydrogen-bond donors (Lipinski definition) is 3. The summed E-state index contributed by atoms with van der Waals surface area (Å²) in [7, 11) is 0. The molecular formula is C18H11NO5. The second kappa shape index (κ2) is 4.55. The lowest BCUT2D eigenvalue weighted by Gasteiger charge is -2.20. The Bertz CT molecular complexity index is 1140. The molecule has 0 saturated heterocycles. The summed E-state index contributed by atoms with van der Waals surface area (Å²) in [6.45, 7) is 1.71. The first-order chi connectivity index (χ1) is 11.4. The summed E-state index contributed by atoms with van der Waals surface area (Å²) in [5.74, 6) is -1.75. The van der Waals surface area contributed by atoms with Crippen molar-refractivity contribution in [1.29, 1.82) is 0 Å². The molecule has 1 aliphatic rings. The normalized spacial score (nSPS) is 13.0. The molecular weight excluding hydrogens is 310 g/mol. The molecule has 0 saturated carbocycles. The van der Waals surface area contributed by atoms with Crippen LogP contribution in [0.2, 0.25) is 0 Å². The number of benzene rings is 2. The summed E-state index contributed by atoms with van der Waals surface area (Å²) in [5.41, 5.74) is -0.297.